The van der Waals surface area contributed by atoms with E-state index in [1.807, 2.05) is 0 Å². The van der Waals surface area contributed by atoms with Crippen molar-refractivity contribution in [1.82, 2.24) is 14.7 Å². The Labute approximate surface area is 151 Å². The standard InChI is InChI=1S/C20H33N3O2/c1-15(16-5-6-16)23(18-7-8-18)20(25)14-21-12-9-17(10-13-21)22-11-3-2-4-19(22)24/h15-18H,2-14H2,1H3/t15-/m0/s1. The fraction of sp³-hybridized carbons (Fsp3) is 0.900. The van der Waals surface area contributed by atoms with E-state index in [9.17, 15) is 9.59 Å². The first-order valence-corrected chi connectivity index (χ1v) is 10.5. The van der Waals surface area contributed by atoms with Crippen molar-refractivity contribution in [3.63, 3.8) is 0 Å². The fourth-order valence-electron chi connectivity index (χ4n) is 4.80. The largest absolute Gasteiger partial charge is 0.340 e. The van der Waals surface area contributed by atoms with Gasteiger partial charge in [-0.2, -0.15) is 0 Å². The number of amides is 2. The zero-order valence-electron chi connectivity index (χ0n) is 15.7. The highest BCUT2D eigenvalue weighted by atomic mass is 16.2. The molecule has 2 heterocycles. The Kier molecular flexibility index (Phi) is 5.03. The minimum absolute atomic E-state index is 0.342. The van der Waals surface area contributed by atoms with Crippen LogP contribution in [0.4, 0.5) is 0 Å². The van der Waals surface area contributed by atoms with Crippen molar-refractivity contribution < 1.29 is 9.59 Å². The van der Waals surface area contributed by atoms with Crippen LogP contribution in [0.5, 0.6) is 0 Å². The third kappa shape index (κ3) is 4.02. The van der Waals surface area contributed by atoms with Crippen molar-refractivity contribution in [2.45, 2.75) is 82.8 Å². The van der Waals surface area contributed by atoms with Crippen LogP contribution in [0.2, 0.25) is 0 Å². The lowest BCUT2D eigenvalue weighted by Crippen LogP contribution is -2.52. The second-order valence-corrected chi connectivity index (χ2v) is 8.66. The molecule has 0 unspecified atom stereocenters. The van der Waals surface area contributed by atoms with Crippen LogP contribution in [-0.2, 0) is 9.59 Å². The molecule has 4 rings (SSSR count). The summed E-state index contributed by atoms with van der Waals surface area (Å²) < 4.78 is 0. The maximum atomic E-state index is 12.9. The van der Waals surface area contributed by atoms with Crippen LogP contribution in [0.25, 0.3) is 0 Å². The minimum Gasteiger partial charge on any atom is -0.340 e. The van der Waals surface area contributed by atoms with Crippen molar-refractivity contribution >= 4 is 11.8 Å². The average molecular weight is 348 g/mol. The summed E-state index contributed by atoms with van der Waals surface area (Å²) in [5.74, 6) is 1.44. The second kappa shape index (κ2) is 7.26. The first kappa shape index (κ1) is 17.3. The number of hydrogen-bond donors (Lipinski definition) is 0. The number of rotatable bonds is 6. The summed E-state index contributed by atoms with van der Waals surface area (Å²) in [5, 5.41) is 0. The first-order valence-electron chi connectivity index (χ1n) is 10.5. The van der Waals surface area contributed by atoms with Gasteiger partial charge in [0.1, 0.15) is 0 Å². The lowest BCUT2D eigenvalue weighted by molar-refractivity contribution is -0.139. The molecule has 140 valence electrons. The van der Waals surface area contributed by atoms with Crippen LogP contribution in [-0.4, -0.2) is 70.8 Å². The molecule has 0 aromatic heterocycles. The summed E-state index contributed by atoms with van der Waals surface area (Å²) in [5.41, 5.74) is 0. The molecule has 0 spiro atoms. The predicted molar refractivity (Wildman–Crippen MR) is 97.1 cm³/mol. The lowest BCUT2D eigenvalue weighted by Gasteiger charge is -2.40. The van der Waals surface area contributed by atoms with Crippen molar-refractivity contribution in [1.29, 1.82) is 0 Å². The Bertz CT molecular complexity index is 507. The van der Waals surface area contributed by atoms with Gasteiger partial charge in [0.25, 0.3) is 0 Å². The van der Waals surface area contributed by atoms with Gasteiger partial charge in [-0.05, 0) is 64.2 Å². The van der Waals surface area contributed by atoms with Crippen LogP contribution in [0.3, 0.4) is 0 Å². The molecule has 1 atom stereocenters. The van der Waals surface area contributed by atoms with E-state index in [1.54, 1.807) is 0 Å². The molecule has 0 aromatic carbocycles. The maximum absolute atomic E-state index is 12.9. The molecule has 0 N–H and O–H groups in total. The van der Waals surface area contributed by atoms with Crippen molar-refractivity contribution in [2.24, 2.45) is 5.92 Å². The number of piperidine rings is 2. The molecule has 25 heavy (non-hydrogen) atoms. The van der Waals surface area contributed by atoms with Gasteiger partial charge in [-0.3, -0.25) is 14.5 Å². The minimum atomic E-state index is 0.342. The number of nitrogens with zero attached hydrogens (tertiary/aromatic N) is 3. The zero-order chi connectivity index (χ0) is 17.4. The van der Waals surface area contributed by atoms with E-state index >= 15 is 0 Å². The van der Waals surface area contributed by atoms with E-state index in [0.717, 1.165) is 57.7 Å². The molecule has 2 aliphatic carbocycles. The third-order valence-electron chi connectivity index (χ3n) is 6.69. The predicted octanol–water partition coefficient (Wildman–Crippen LogP) is 2.25. The third-order valence-corrected chi connectivity index (χ3v) is 6.69. The molecular weight excluding hydrogens is 314 g/mol. The number of likely N-dealkylation sites (tertiary alicyclic amines) is 2. The topological polar surface area (TPSA) is 43.9 Å². The van der Waals surface area contributed by atoms with E-state index < -0.39 is 0 Å². The second-order valence-electron chi connectivity index (χ2n) is 8.66. The molecule has 2 aliphatic heterocycles. The van der Waals surface area contributed by atoms with Gasteiger partial charge < -0.3 is 9.80 Å². The van der Waals surface area contributed by atoms with Crippen molar-refractivity contribution in [2.75, 3.05) is 26.2 Å². The van der Waals surface area contributed by atoms with Gasteiger partial charge in [0.15, 0.2) is 0 Å². The van der Waals surface area contributed by atoms with Gasteiger partial charge in [0.05, 0.1) is 6.54 Å². The van der Waals surface area contributed by atoms with E-state index in [-0.39, 0.29) is 0 Å². The van der Waals surface area contributed by atoms with Gasteiger partial charge in [0.2, 0.25) is 11.8 Å². The Morgan fingerprint density at radius 1 is 1.08 bits per heavy atom. The van der Waals surface area contributed by atoms with E-state index in [4.69, 9.17) is 0 Å². The Morgan fingerprint density at radius 3 is 2.40 bits per heavy atom. The Balaban J connectivity index is 1.27. The normalized spacial score (nSPS) is 27.4. The molecule has 5 nitrogen and oxygen atoms in total. The van der Waals surface area contributed by atoms with Crippen LogP contribution >= 0.6 is 0 Å². The zero-order valence-corrected chi connectivity index (χ0v) is 15.7. The summed E-state index contributed by atoms with van der Waals surface area (Å²) in [6.45, 7) is 5.68. The molecular formula is C20H33N3O2. The molecule has 0 aromatic rings. The maximum Gasteiger partial charge on any atom is 0.237 e. The molecule has 2 amide bonds. The molecule has 0 bridgehead atoms. The molecule has 2 saturated carbocycles. The summed E-state index contributed by atoms with van der Waals surface area (Å²) in [6.07, 6.45) is 9.98. The summed E-state index contributed by atoms with van der Waals surface area (Å²) in [6, 6.07) is 1.36. The number of carbonyl (C=O) groups is 2. The van der Waals surface area contributed by atoms with Crippen LogP contribution < -0.4 is 0 Å². The number of carbonyl (C=O) groups excluding carboxylic acids is 2. The molecule has 0 radical (unpaired) electrons. The Morgan fingerprint density at radius 2 is 1.80 bits per heavy atom. The summed E-state index contributed by atoms with van der Waals surface area (Å²) in [4.78, 5) is 31.7. The summed E-state index contributed by atoms with van der Waals surface area (Å²) >= 11 is 0. The van der Waals surface area contributed by atoms with E-state index in [1.165, 1.54) is 25.7 Å². The van der Waals surface area contributed by atoms with Gasteiger partial charge in [-0.25, -0.2) is 0 Å². The monoisotopic (exact) mass is 347 g/mol. The van der Waals surface area contributed by atoms with Crippen LogP contribution in [0.15, 0.2) is 0 Å². The van der Waals surface area contributed by atoms with Gasteiger partial charge in [-0.1, -0.05) is 0 Å². The fourth-order valence-corrected chi connectivity index (χ4v) is 4.80. The smallest absolute Gasteiger partial charge is 0.237 e. The highest BCUT2D eigenvalue weighted by Gasteiger charge is 2.42. The van der Waals surface area contributed by atoms with E-state index in [2.05, 4.69) is 21.6 Å². The quantitative estimate of drug-likeness (QED) is 0.740. The van der Waals surface area contributed by atoms with Gasteiger partial charge >= 0.3 is 0 Å². The molecule has 4 aliphatic rings. The van der Waals surface area contributed by atoms with Crippen molar-refractivity contribution in [3.8, 4) is 0 Å². The highest BCUT2D eigenvalue weighted by Crippen LogP contribution is 2.39. The van der Waals surface area contributed by atoms with Crippen molar-refractivity contribution in [3.05, 3.63) is 0 Å². The average Bonchev–Trinajstić information content (AvgIpc) is 3.49. The molecule has 2 saturated heterocycles. The Hall–Kier alpha value is -1.10. The number of hydrogen-bond acceptors (Lipinski definition) is 3. The molecule has 4 fully saturated rings. The van der Waals surface area contributed by atoms with Gasteiger partial charge in [-0.15, -0.1) is 0 Å². The van der Waals surface area contributed by atoms with E-state index in [0.29, 0.717) is 36.5 Å². The summed E-state index contributed by atoms with van der Waals surface area (Å²) in [7, 11) is 0. The van der Waals surface area contributed by atoms with Crippen LogP contribution in [0.1, 0.15) is 64.7 Å². The SMILES string of the molecule is C[C@@H](C1CC1)N(C(=O)CN1CCC(N2CCCCC2=O)CC1)C1CC1. The van der Waals surface area contributed by atoms with Crippen LogP contribution in [0, 0.1) is 5.92 Å². The highest BCUT2D eigenvalue weighted by molar-refractivity contribution is 5.79. The first-order chi connectivity index (χ1) is 12.1. The molecule has 5 heteroatoms. The lowest BCUT2D eigenvalue weighted by atomic mass is 9.99. The van der Waals surface area contributed by atoms with Gasteiger partial charge in [0, 0.05) is 44.2 Å².